The van der Waals surface area contributed by atoms with Gasteiger partial charge in [0, 0.05) is 19.2 Å². The van der Waals surface area contributed by atoms with Crippen molar-refractivity contribution >= 4 is 23.1 Å². The Morgan fingerprint density at radius 3 is 2.74 bits per heavy atom. The molecule has 0 aliphatic carbocycles. The van der Waals surface area contributed by atoms with Crippen LogP contribution in [0.4, 0.5) is 19.0 Å². The maximum absolute atomic E-state index is 13.2. The highest BCUT2D eigenvalue weighted by Crippen LogP contribution is 2.32. The fourth-order valence-electron chi connectivity index (χ4n) is 3.51. The van der Waals surface area contributed by atoms with Crippen molar-refractivity contribution in [1.82, 2.24) is 24.5 Å². The molecule has 0 saturated carbocycles. The molecule has 11 heteroatoms. The number of carbonyl (C=O) groups is 1. The van der Waals surface area contributed by atoms with Gasteiger partial charge in [0.2, 0.25) is 5.82 Å². The van der Waals surface area contributed by atoms with Crippen molar-refractivity contribution in [3.63, 3.8) is 0 Å². The maximum Gasteiger partial charge on any atom is 0.416 e. The molecule has 4 heterocycles. The summed E-state index contributed by atoms with van der Waals surface area (Å²) in [4.78, 5) is 19.9. The van der Waals surface area contributed by atoms with Gasteiger partial charge in [0.05, 0.1) is 22.3 Å². The molecule has 1 amide bonds. The van der Waals surface area contributed by atoms with E-state index < -0.39 is 17.6 Å². The minimum atomic E-state index is -4.50. The minimum absolute atomic E-state index is 0.0875. The molecule has 0 unspecified atom stereocenters. The summed E-state index contributed by atoms with van der Waals surface area (Å²) in [6.07, 6.45) is -2.15. The van der Waals surface area contributed by atoms with Gasteiger partial charge in [0.15, 0.2) is 5.82 Å². The first-order valence-electron chi connectivity index (χ1n) is 9.44. The molecule has 0 N–H and O–H groups in total. The van der Waals surface area contributed by atoms with Crippen LogP contribution in [0.15, 0.2) is 54.0 Å². The van der Waals surface area contributed by atoms with Crippen LogP contribution in [0.1, 0.15) is 22.6 Å². The lowest BCUT2D eigenvalue weighted by Crippen LogP contribution is -2.38. The molecule has 1 aromatic carbocycles. The van der Waals surface area contributed by atoms with Crippen LogP contribution >= 0.6 is 11.3 Å². The van der Waals surface area contributed by atoms with Gasteiger partial charge in [0.25, 0.3) is 5.91 Å². The van der Waals surface area contributed by atoms with Gasteiger partial charge in [-0.1, -0.05) is 12.1 Å². The Morgan fingerprint density at radius 2 is 1.97 bits per heavy atom. The molecule has 158 valence electrons. The zero-order valence-electron chi connectivity index (χ0n) is 16.0. The fraction of sp³-hybridized carbons (Fsp3) is 0.200. The number of amides is 1. The van der Waals surface area contributed by atoms with Crippen molar-refractivity contribution < 1.29 is 18.0 Å². The number of aromatic nitrogens is 5. The van der Waals surface area contributed by atoms with Crippen molar-refractivity contribution in [2.45, 2.75) is 19.1 Å². The Bertz CT molecular complexity index is 1240. The van der Waals surface area contributed by atoms with Crippen LogP contribution in [0, 0.1) is 0 Å². The highest BCUT2D eigenvalue weighted by atomic mass is 32.1. The summed E-state index contributed by atoms with van der Waals surface area (Å²) in [6.45, 7) is 1.19. The van der Waals surface area contributed by atoms with Gasteiger partial charge >= 0.3 is 6.18 Å². The number of aryl methyl sites for hydroxylation is 1. The Morgan fingerprint density at radius 1 is 1.10 bits per heavy atom. The molecule has 7 nitrogen and oxygen atoms in total. The average molecular weight is 444 g/mol. The highest BCUT2D eigenvalue weighted by Gasteiger charge is 2.32. The number of hydrogen-bond donors (Lipinski definition) is 0. The van der Waals surface area contributed by atoms with Crippen LogP contribution in [0.5, 0.6) is 0 Å². The monoisotopic (exact) mass is 444 g/mol. The largest absolute Gasteiger partial charge is 0.416 e. The second kappa shape index (κ2) is 7.34. The molecular formula is C20H15F3N6OS. The SMILES string of the molecule is O=C(c1nc(-c2cccs2)n(-c2cccc(C(F)(F)F)c2)n1)N1CCCn2nccc21. The van der Waals surface area contributed by atoms with Crippen LogP contribution in [-0.4, -0.2) is 37.0 Å². The van der Waals surface area contributed by atoms with Gasteiger partial charge in [-0.05, 0) is 36.1 Å². The molecule has 5 rings (SSSR count). The summed E-state index contributed by atoms with van der Waals surface area (Å²) in [7, 11) is 0. The number of rotatable bonds is 3. The summed E-state index contributed by atoms with van der Waals surface area (Å²) in [5.41, 5.74) is -0.626. The lowest BCUT2D eigenvalue weighted by atomic mass is 10.2. The summed E-state index contributed by atoms with van der Waals surface area (Å²) in [6, 6.07) is 10.1. The highest BCUT2D eigenvalue weighted by molar-refractivity contribution is 7.13. The lowest BCUT2D eigenvalue weighted by Gasteiger charge is -2.26. The zero-order chi connectivity index (χ0) is 21.6. The predicted molar refractivity (Wildman–Crippen MR) is 108 cm³/mol. The number of fused-ring (bicyclic) bond motifs is 1. The number of alkyl halides is 3. The van der Waals surface area contributed by atoms with Gasteiger partial charge in [0.1, 0.15) is 5.82 Å². The third-order valence-corrected chi connectivity index (χ3v) is 5.79. The maximum atomic E-state index is 13.2. The molecule has 31 heavy (non-hydrogen) atoms. The number of thiophene rings is 1. The quantitative estimate of drug-likeness (QED) is 0.474. The van der Waals surface area contributed by atoms with Crippen LogP contribution < -0.4 is 4.90 Å². The predicted octanol–water partition coefficient (Wildman–Crippen LogP) is 4.26. The van der Waals surface area contributed by atoms with Crippen LogP contribution in [-0.2, 0) is 12.7 Å². The lowest BCUT2D eigenvalue weighted by molar-refractivity contribution is -0.137. The third kappa shape index (κ3) is 3.50. The summed E-state index contributed by atoms with van der Waals surface area (Å²) >= 11 is 1.36. The van der Waals surface area contributed by atoms with E-state index in [0.717, 1.165) is 18.6 Å². The molecule has 0 bridgehead atoms. The van der Waals surface area contributed by atoms with Gasteiger partial charge in [-0.15, -0.1) is 16.4 Å². The number of carbonyl (C=O) groups excluding carboxylic acids is 1. The van der Waals surface area contributed by atoms with Gasteiger partial charge in [-0.3, -0.25) is 9.69 Å². The molecule has 0 saturated heterocycles. The smallest absolute Gasteiger partial charge is 0.290 e. The molecule has 0 radical (unpaired) electrons. The molecule has 3 aromatic heterocycles. The van der Waals surface area contributed by atoms with Gasteiger partial charge in [-0.25, -0.2) is 14.3 Å². The average Bonchev–Trinajstić information content (AvgIpc) is 3.52. The molecule has 0 fully saturated rings. The van der Waals surface area contributed by atoms with E-state index in [0.29, 0.717) is 29.6 Å². The van der Waals surface area contributed by atoms with E-state index in [-0.39, 0.29) is 11.5 Å². The molecular weight excluding hydrogens is 429 g/mol. The molecule has 4 aromatic rings. The second-order valence-electron chi connectivity index (χ2n) is 6.92. The first kappa shape index (κ1) is 19.5. The normalized spacial score (nSPS) is 14.0. The molecule has 1 aliphatic rings. The van der Waals surface area contributed by atoms with Gasteiger partial charge < -0.3 is 0 Å². The van der Waals surface area contributed by atoms with Crippen LogP contribution in [0.3, 0.4) is 0 Å². The van der Waals surface area contributed by atoms with Crippen molar-refractivity contribution in [2.24, 2.45) is 0 Å². The number of anilines is 1. The van der Waals surface area contributed by atoms with Crippen LogP contribution in [0.25, 0.3) is 16.4 Å². The third-order valence-electron chi connectivity index (χ3n) is 4.93. The molecule has 1 aliphatic heterocycles. The van der Waals surface area contributed by atoms with E-state index >= 15 is 0 Å². The second-order valence-corrected chi connectivity index (χ2v) is 7.87. The summed E-state index contributed by atoms with van der Waals surface area (Å²) < 4.78 is 42.7. The minimum Gasteiger partial charge on any atom is -0.290 e. The Kier molecular flexibility index (Phi) is 4.62. The number of benzene rings is 1. The van der Waals surface area contributed by atoms with Crippen molar-refractivity contribution in [1.29, 1.82) is 0 Å². The van der Waals surface area contributed by atoms with E-state index in [1.807, 2.05) is 5.38 Å². The Hall–Kier alpha value is -3.47. The number of nitrogens with zero attached hydrogens (tertiary/aromatic N) is 6. The molecule has 0 atom stereocenters. The summed E-state index contributed by atoms with van der Waals surface area (Å²) in [5.74, 6) is 0.438. The number of hydrogen-bond acceptors (Lipinski definition) is 5. The van der Waals surface area contributed by atoms with Crippen LogP contribution in [0.2, 0.25) is 0 Å². The Balaban J connectivity index is 1.60. The first-order chi connectivity index (χ1) is 14.9. The Labute approximate surface area is 178 Å². The fourth-order valence-corrected chi connectivity index (χ4v) is 4.21. The standard InChI is InChI=1S/C20H15F3N6OS/c21-20(22,23)13-4-1-5-14(12-13)29-18(15-6-2-11-31-15)25-17(26-29)19(30)27-9-3-10-28-16(27)7-8-24-28/h1-2,4-8,11-12H,3,9-10H2. The van der Waals surface area contributed by atoms with Crippen molar-refractivity contribution in [3.05, 3.63) is 65.4 Å². The topological polar surface area (TPSA) is 68.8 Å². The van der Waals surface area contributed by atoms with E-state index in [1.54, 1.807) is 34.0 Å². The molecule has 0 spiro atoms. The van der Waals surface area contributed by atoms with Gasteiger partial charge in [-0.2, -0.15) is 18.3 Å². The van der Waals surface area contributed by atoms with E-state index in [1.165, 1.54) is 28.2 Å². The van der Waals surface area contributed by atoms with E-state index in [9.17, 15) is 18.0 Å². The van der Waals surface area contributed by atoms with E-state index in [4.69, 9.17) is 0 Å². The first-order valence-corrected chi connectivity index (χ1v) is 10.3. The van der Waals surface area contributed by atoms with Crippen molar-refractivity contribution in [2.75, 3.05) is 11.4 Å². The van der Waals surface area contributed by atoms with Crippen molar-refractivity contribution in [3.8, 4) is 16.4 Å². The van der Waals surface area contributed by atoms with E-state index in [2.05, 4.69) is 15.2 Å². The summed E-state index contributed by atoms with van der Waals surface area (Å²) in [5, 5.41) is 10.3. The number of halogens is 3. The zero-order valence-corrected chi connectivity index (χ0v) is 16.8.